The van der Waals surface area contributed by atoms with Crippen molar-refractivity contribution in [3.8, 4) is 0 Å². The number of halogens is 1. The molecule has 148 valence electrons. The lowest BCUT2D eigenvalue weighted by Gasteiger charge is -2.21. The summed E-state index contributed by atoms with van der Waals surface area (Å²) in [5.41, 5.74) is 1.87. The molecule has 3 rings (SSSR count). The Morgan fingerprint density at radius 3 is 2.64 bits per heavy atom. The predicted molar refractivity (Wildman–Crippen MR) is 110 cm³/mol. The highest BCUT2D eigenvalue weighted by atomic mass is 79.9. The van der Waals surface area contributed by atoms with Crippen LogP contribution in [0.25, 0.3) is 0 Å². The van der Waals surface area contributed by atoms with Gasteiger partial charge in [-0.05, 0) is 39.5 Å². The molecular weight excluding hydrogens is 422 g/mol. The predicted octanol–water partition coefficient (Wildman–Crippen LogP) is 2.66. The summed E-state index contributed by atoms with van der Waals surface area (Å²) < 4.78 is 6.23. The van der Waals surface area contributed by atoms with E-state index < -0.39 is 0 Å². The molecule has 28 heavy (non-hydrogen) atoms. The third kappa shape index (κ3) is 6.42. The minimum atomic E-state index is -0.233. The first-order valence-electron chi connectivity index (χ1n) is 9.39. The average molecular weight is 446 g/mol. The molecular formula is C21H24BrN3O3. The van der Waals surface area contributed by atoms with Crippen molar-refractivity contribution in [2.75, 3.05) is 32.7 Å². The number of hydrogen-bond acceptors (Lipinski definition) is 5. The molecule has 6 nitrogen and oxygen atoms in total. The fourth-order valence-electron chi connectivity index (χ4n) is 3.18. The van der Waals surface area contributed by atoms with Gasteiger partial charge in [-0.25, -0.2) is 0 Å². The molecule has 0 saturated carbocycles. The van der Waals surface area contributed by atoms with Crippen LogP contribution in [0.1, 0.15) is 17.5 Å². The zero-order chi connectivity index (χ0) is 19.8. The third-order valence-electron chi connectivity index (χ3n) is 4.65. The minimum Gasteiger partial charge on any atom is -0.460 e. The van der Waals surface area contributed by atoms with E-state index in [0.717, 1.165) is 28.6 Å². The summed E-state index contributed by atoms with van der Waals surface area (Å²) in [5, 5.41) is 0. The van der Waals surface area contributed by atoms with E-state index in [1.54, 1.807) is 12.4 Å². The lowest BCUT2D eigenvalue weighted by atomic mass is 10.2. The van der Waals surface area contributed by atoms with Crippen LogP contribution in [-0.4, -0.2) is 59.4 Å². The highest BCUT2D eigenvalue weighted by Crippen LogP contribution is 2.12. The summed E-state index contributed by atoms with van der Waals surface area (Å²) in [4.78, 5) is 32.8. The zero-order valence-corrected chi connectivity index (χ0v) is 17.3. The quantitative estimate of drug-likeness (QED) is 0.639. The number of ether oxygens (including phenoxy) is 1. The molecule has 0 atom stereocenters. The smallest absolute Gasteiger partial charge is 0.320 e. The van der Waals surface area contributed by atoms with Crippen molar-refractivity contribution in [1.82, 2.24) is 14.8 Å². The molecule has 7 heteroatoms. The average Bonchev–Trinajstić information content (AvgIpc) is 2.93. The van der Waals surface area contributed by atoms with Crippen molar-refractivity contribution >= 4 is 27.8 Å². The molecule has 1 aromatic heterocycles. The molecule has 2 aromatic rings. The Balaban J connectivity index is 1.43. The van der Waals surface area contributed by atoms with Crippen LogP contribution in [0.3, 0.4) is 0 Å². The fraction of sp³-hybridized carbons (Fsp3) is 0.381. The van der Waals surface area contributed by atoms with Gasteiger partial charge in [0.2, 0.25) is 5.91 Å². The van der Waals surface area contributed by atoms with Crippen LogP contribution in [0.4, 0.5) is 0 Å². The van der Waals surface area contributed by atoms with Gasteiger partial charge in [-0.1, -0.05) is 30.3 Å². The number of carbonyl (C=O) groups is 2. The van der Waals surface area contributed by atoms with E-state index in [1.807, 2.05) is 41.3 Å². The van der Waals surface area contributed by atoms with Gasteiger partial charge in [-0.3, -0.25) is 19.5 Å². The number of rotatable bonds is 6. The van der Waals surface area contributed by atoms with Gasteiger partial charge in [0.05, 0.1) is 13.0 Å². The van der Waals surface area contributed by atoms with Crippen LogP contribution >= 0.6 is 15.9 Å². The van der Waals surface area contributed by atoms with Gasteiger partial charge in [0.1, 0.15) is 6.61 Å². The van der Waals surface area contributed by atoms with Gasteiger partial charge in [-0.15, -0.1) is 0 Å². The molecule has 1 amide bonds. The highest BCUT2D eigenvalue weighted by Gasteiger charge is 2.21. The second-order valence-electron chi connectivity index (χ2n) is 6.84. The Morgan fingerprint density at radius 1 is 1.04 bits per heavy atom. The number of esters is 1. The number of carbonyl (C=O) groups excluding carboxylic acids is 2. The van der Waals surface area contributed by atoms with Gasteiger partial charge in [0, 0.05) is 43.0 Å². The lowest BCUT2D eigenvalue weighted by Crippen LogP contribution is -2.37. The lowest BCUT2D eigenvalue weighted by molar-refractivity contribution is -0.146. The summed E-state index contributed by atoms with van der Waals surface area (Å²) in [5.74, 6) is -0.141. The molecule has 0 bridgehead atoms. The first kappa shape index (κ1) is 20.5. The highest BCUT2D eigenvalue weighted by molar-refractivity contribution is 9.10. The van der Waals surface area contributed by atoms with Crippen molar-refractivity contribution in [2.45, 2.75) is 19.4 Å². The minimum absolute atomic E-state index is 0.0911. The van der Waals surface area contributed by atoms with E-state index in [0.29, 0.717) is 32.7 Å². The second kappa shape index (κ2) is 10.3. The third-order valence-corrected chi connectivity index (χ3v) is 5.09. The number of benzene rings is 1. The fourth-order valence-corrected chi connectivity index (χ4v) is 3.60. The van der Waals surface area contributed by atoms with Crippen LogP contribution in [-0.2, 0) is 27.4 Å². The van der Waals surface area contributed by atoms with Crippen molar-refractivity contribution in [3.05, 3.63) is 64.4 Å². The molecule has 1 saturated heterocycles. The summed E-state index contributed by atoms with van der Waals surface area (Å²) in [6, 6.07) is 11.6. The van der Waals surface area contributed by atoms with Crippen LogP contribution < -0.4 is 0 Å². The molecule has 0 unspecified atom stereocenters. The van der Waals surface area contributed by atoms with Crippen molar-refractivity contribution in [1.29, 1.82) is 0 Å². The number of pyridine rings is 1. The maximum absolute atomic E-state index is 12.6. The summed E-state index contributed by atoms with van der Waals surface area (Å²) in [6.07, 6.45) is 4.60. The second-order valence-corrected chi connectivity index (χ2v) is 7.76. The first-order valence-corrected chi connectivity index (χ1v) is 10.2. The molecule has 2 heterocycles. The van der Waals surface area contributed by atoms with Gasteiger partial charge in [-0.2, -0.15) is 0 Å². The number of aromatic nitrogens is 1. The van der Waals surface area contributed by atoms with Crippen LogP contribution in [0, 0.1) is 0 Å². The largest absolute Gasteiger partial charge is 0.460 e. The summed E-state index contributed by atoms with van der Waals surface area (Å²) in [7, 11) is 0. The van der Waals surface area contributed by atoms with Crippen molar-refractivity contribution in [3.63, 3.8) is 0 Å². The summed E-state index contributed by atoms with van der Waals surface area (Å²) >= 11 is 3.38. The molecule has 1 aromatic carbocycles. The van der Waals surface area contributed by atoms with E-state index in [-0.39, 0.29) is 18.4 Å². The Labute approximate surface area is 173 Å². The Kier molecular flexibility index (Phi) is 7.56. The monoisotopic (exact) mass is 445 g/mol. The molecule has 0 N–H and O–H groups in total. The van der Waals surface area contributed by atoms with E-state index in [4.69, 9.17) is 4.74 Å². The topological polar surface area (TPSA) is 62.7 Å². The zero-order valence-electron chi connectivity index (χ0n) is 15.7. The maximum atomic E-state index is 12.6. The summed E-state index contributed by atoms with van der Waals surface area (Å²) in [6.45, 7) is 3.32. The normalized spacial score (nSPS) is 15.1. The standard InChI is InChI=1S/C21H24BrN3O3/c22-19-11-18(13-23-14-19)12-20(26)25-8-4-7-24(9-10-25)15-21(27)28-16-17-5-2-1-3-6-17/h1-3,5-6,11,13-14H,4,7-10,12,15-16H2. The van der Waals surface area contributed by atoms with Crippen LogP contribution in [0.2, 0.25) is 0 Å². The number of hydrogen-bond donors (Lipinski definition) is 0. The molecule has 0 spiro atoms. The Hall–Kier alpha value is -2.25. The SMILES string of the molecule is O=C(CN1CCCN(C(=O)Cc2cncc(Br)c2)CC1)OCc1ccccc1. The van der Waals surface area contributed by atoms with Crippen LogP contribution in [0.15, 0.2) is 53.3 Å². The number of amides is 1. The molecule has 1 fully saturated rings. The van der Waals surface area contributed by atoms with Gasteiger partial charge in [0.15, 0.2) is 0 Å². The van der Waals surface area contributed by atoms with E-state index in [9.17, 15) is 9.59 Å². The Bertz CT molecular complexity index is 800. The molecule has 1 aliphatic rings. The van der Waals surface area contributed by atoms with Crippen molar-refractivity contribution in [2.24, 2.45) is 0 Å². The van der Waals surface area contributed by atoms with Gasteiger partial charge in [0.25, 0.3) is 0 Å². The van der Waals surface area contributed by atoms with E-state index >= 15 is 0 Å². The Morgan fingerprint density at radius 2 is 1.86 bits per heavy atom. The van der Waals surface area contributed by atoms with E-state index in [2.05, 4.69) is 25.8 Å². The van der Waals surface area contributed by atoms with E-state index in [1.165, 1.54) is 0 Å². The molecule has 0 radical (unpaired) electrons. The molecule has 1 aliphatic heterocycles. The number of nitrogens with zero attached hydrogens (tertiary/aromatic N) is 3. The molecule has 0 aliphatic carbocycles. The van der Waals surface area contributed by atoms with Crippen molar-refractivity contribution < 1.29 is 14.3 Å². The van der Waals surface area contributed by atoms with Gasteiger partial charge < -0.3 is 9.64 Å². The van der Waals surface area contributed by atoms with Crippen LogP contribution in [0.5, 0.6) is 0 Å². The van der Waals surface area contributed by atoms with Gasteiger partial charge >= 0.3 is 5.97 Å². The maximum Gasteiger partial charge on any atom is 0.320 e. The first-order chi connectivity index (χ1) is 13.6.